The van der Waals surface area contributed by atoms with E-state index < -0.39 is 5.60 Å². The van der Waals surface area contributed by atoms with Gasteiger partial charge < -0.3 is 10.2 Å². The van der Waals surface area contributed by atoms with Crippen molar-refractivity contribution in [2.24, 2.45) is 34.5 Å². The molecule has 0 radical (unpaired) electrons. The Hall–Kier alpha value is -0.500. The molecule has 124 valence electrons. The number of allylic oxidation sites excluding steroid dienone is 2. The zero-order chi connectivity index (χ0) is 15.8. The fraction of sp³-hybridized carbons (Fsp3) is 0.900. The molecule has 0 aromatic rings. The first-order valence-corrected chi connectivity index (χ1v) is 9.38. The SMILES string of the molecule is C[C@]12CC=C(O)CC1CC[C@@H]1[C@@H]2CC[C@@]2(C)[C@H]1CC[C@]2(C)O. The Kier molecular flexibility index (Phi) is 3.10. The first-order chi connectivity index (χ1) is 10.3. The first-order valence-electron chi connectivity index (χ1n) is 9.38. The lowest BCUT2D eigenvalue weighted by atomic mass is 9.45. The van der Waals surface area contributed by atoms with Gasteiger partial charge in [-0.1, -0.05) is 13.8 Å². The summed E-state index contributed by atoms with van der Waals surface area (Å²) in [6.45, 7) is 6.94. The van der Waals surface area contributed by atoms with Gasteiger partial charge in [0.25, 0.3) is 0 Å². The van der Waals surface area contributed by atoms with Gasteiger partial charge in [0.1, 0.15) is 0 Å². The Morgan fingerprint density at radius 1 is 1.00 bits per heavy atom. The van der Waals surface area contributed by atoms with Gasteiger partial charge in [-0.3, -0.25) is 0 Å². The standard InChI is InChI=1S/C20H32O2/c1-18-9-6-14(21)12-13(18)4-5-15-16(18)7-10-19(2)17(15)8-11-20(19,3)22/h6,13,15-17,21-22H,4-5,7-12H2,1-3H3/t13?,15-,16+,17+,18+,19+,20+/m1/s1. The van der Waals surface area contributed by atoms with E-state index in [-0.39, 0.29) is 5.41 Å². The van der Waals surface area contributed by atoms with E-state index in [1.807, 2.05) is 0 Å². The van der Waals surface area contributed by atoms with Crippen LogP contribution in [-0.4, -0.2) is 15.8 Å². The van der Waals surface area contributed by atoms with E-state index in [1.165, 1.54) is 32.1 Å². The van der Waals surface area contributed by atoms with Crippen molar-refractivity contribution in [1.29, 1.82) is 0 Å². The van der Waals surface area contributed by atoms with Gasteiger partial charge in [0.05, 0.1) is 11.4 Å². The van der Waals surface area contributed by atoms with Crippen molar-refractivity contribution in [3.63, 3.8) is 0 Å². The minimum atomic E-state index is -0.467. The zero-order valence-electron chi connectivity index (χ0n) is 14.4. The molecule has 4 aliphatic carbocycles. The molecule has 3 saturated carbocycles. The van der Waals surface area contributed by atoms with Crippen molar-refractivity contribution in [2.75, 3.05) is 0 Å². The van der Waals surface area contributed by atoms with Crippen molar-refractivity contribution < 1.29 is 10.2 Å². The second-order valence-electron chi connectivity index (χ2n) is 9.53. The van der Waals surface area contributed by atoms with Crippen molar-refractivity contribution in [2.45, 2.75) is 77.7 Å². The summed E-state index contributed by atoms with van der Waals surface area (Å²) in [5.74, 6) is 3.60. The molecule has 22 heavy (non-hydrogen) atoms. The number of hydrogen-bond donors (Lipinski definition) is 2. The van der Waals surface area contributed by atoms with Crippen LogP contribution in [0.2, 0.25) is 0 Å². The number of aliphatic hydroxyl groups is 2. The van der Waals surface area contributed by atoms with E-state index in [9.17, 15) is 10.2 Å². The summed E-state index contributed by atoms with van der Waals surface area (Å²) in [5.41, 5.74) is 0.0417. The first kappa shape index (κ1) is 15.1. The molecule has 4 aliphatic rings. The average Bonchev–Trinajstić information content (AvgIpc) is 2.70. The highest BCUT2D eigenvalue weighted by atomic mass is 16.3. The van der Waals surface area contributed by atoms with Gasteiger partial charge in [-0.15, -0.1) is 0 Å². The minimum absolute atomic E-state index is 0.129. The summed E-state index contributed by atoms with van der Waals surface area (Å²) < 4.78 is 0. The van der Waals surface area contributed by atoms with Crippen LogP contribution >= 0.6 is 0 Å². The Balaban J connectivity index is 1.67. The van der Waals surface area contributed by atoms with E-state index in [0.29, 0.717) is 23.0 Å². The van der Waals surface area contributed by atoms with Crippen LogP contribution in [0.25, 0.3) is 0 Å². The second kappa shape index (κ2) is 4.53. The highest BCUT2D eigenvalue weighted by Gasteiger charge is 2.62. The number of hydrogen-bond acceptors (Lipinski definition) is 2. The van der Waals surface area contributed by atoms with Crippen molar-refractivity contribution in [3.8, 4) is 0 Å². The molecule has 3 fully saturated rings. The van der Waals surface area contributed by atoms with Crippen molar-refractivity contribution >= 4 is 0 Å². The van der Waals surface area contributed by atoms with Crippen molar-refractivity contribution in [3.05, 3.63) is 11.8 Å². The molecule has 0 aromatic carbocycles. The van der Waals surface area contributed by atoms with Gasteiger partial charge in [-0.2, -0.15) is 0 Å². The lowest BCUT2D eigenvalue weighted by molar-refractivity contribution is -0.139. The van der Waals surface area contributed by atoms with Crippen molar-refractivity contribution in [1.82, 2.24) is 0 Å². The number of rotatable bonds is 0. The molecule has 0 aliphatic heterocycles. The maximum atomic E-state index is 10.9. The third-order valence-corrected chi connectivity index (χ3v) is 8.86. The topological polar surface area (TPSA) is 40.5 Å². The third kappa shape index (κ3) is 1.76. The van der Waals surface area contributed by atoms with E-state index >= 15 is 0 Å². The molecule has 0 heterocycles. The fourth-order valence-electron chi connectivity index (χ4n) is 7.11. The third-order valence-electron chi connectivity index (χ3n) is 8.86. The molecule has 2 nitrogen and oxygen atoms in total. The summed E-state index contributed by atoms with van der Waals surface area (Å²) in [6, 6.07) is 0. The van der Waals surface area contributed by atoms with Gasteiger partial charge in [-0.25, -0.2) is 0 Å². The highest BCUT2D eigenvalue weighted by molar-refractivity contribution is 5.15. The molecular formula is C20H32O2. The van der Waals surface area contributed by atoms with Crippen LogP contribution in [0.4, 0.5) is 0 Å². The summed E-state index contributed by atoms with van der Waals surface area (Å²) in [5, 5.41) is 20.9. The summed E-state index contributed by atoms with van der Waals surface area (Å²) in [7, 11) is 0. The van der Waals surface area contributed by atoms with Gasteiger partial charge >= 0.3 is 0 Å². The normalized spacial score (nSPS) is 57.5. The molecule has 7 atom stereocenters. The van der Waals surface area contributed by atoms with Crippen LogP contribution in [0, 0.1) is 34.5 Å². The van der Waals surface area contributed by atoms with E-state index in [0.717, 1.165) is 31.1 Å². The molecule has 0 aromatic heterocycles. The monoisotopic (exact) mass is 304 g/mol. The minimum Gasteiger partial charge on any atom is -0.513 e. The van der Waals surface area contributed by atoms with E-state index in [1.54, 1.807) is 0 Å². The summed E-state index contributed by atoms with van der Waals surface area (Å²) in [4.78, 5) is 0. The number of aliphatic hydroxyl groups excluding tert-OH is 1. The van der Waals surface area contributed by atoms with Gasteiger partial charge in [-0.05, 0) is 92.4 Å². The Labute approximate surface area is 135 Å². The van der Waals surface area contributed by atoms with Crippen LogP contribution in [-0.2, 0) is 0 Å². The molecule has 1 unspecified atom stereocenters. The average molecular weight is 304 g/mol. The Bertz CT molecular complexity index is 508. The largest absolute Gasteiger partial charge is 0.513 e. The smallest absolute Gasteiger partial charge is 0.0886 e. The lowest BCUT2D eigenvalue weighted by Gasteiger charge is -2.60. The van der Waals surface area contributed by atoms with Gasteiger partial charge in [0.2, 0.25) is 0 Å². The van der Waals surface area contributed by atoms with Gasteiger partial charge in [0, 0.05) is 6.42 Å². The van der Waals surface area contributed by atoms with Crippen LogP contribution in [0.5, 0.6) is 0 Å². The molecule has 2 heteroatoms. The van der Waals surface area contributed by atoms with Gasteiger partial charge in [0.15, 0.2) is 0 Å². The summed E-state index contributed by atoms with van der Waals surface area (Å²) in [6.07, 6.45) is 11.3. The Morgan fingerprint density at radius 2 is 1.73 bits per heavy atom. The Morgan fingerprint density at radius 3 is 2.50 bits per heavy atom. The predicted molar refractivity (Wildman–Crippen MR) is 88.4 cm³/mol. The molecular weight excluding hydrogens is 272 g/mol. The molecule has 0 saturated heterocycles. The highest BCUT2D eigenvalue weighted by Crippen LogP contribution is 2.67. The maximum absolute atomic E-state index is 10.9. The quantitative estimate of drug-likeness (QED) is 0.673. The van der Waals surface area contributed by atoms with Crippen LogP contribution in [0.15, 0.2) is 11.8 Å². The summed E-state index contributed by atoms with van der Waals surface area (Å²) >= 11 is 0. The lowest BCUT2D eigenvalue weighted by Crippen LogP contribution is -2.55. The number of fused-ring (bicyclic) bond motifs is 5. The fourth-order valence-corrected chi connectivity index (χ4v) is 7.11. The molecule has 0 spiro atoms. The van der Waals surface area contributed by atoms with E-state index in [2.05, 4.69) is 26.8 Å². The second-order valence-corrected chi connectivity index (χ2v) is 9.53. The molecule has 0 bridgehead atoms. The van der Waals surface area contributed by atoms with Crippen LogP contribution in [0.1, 0.15) is 72.1 Å². The molecule has 4 rings (SSSR count). The van der Waals surface area contributed by atoms with E-state index in [4.69, 9.17) is 0 Å². The van der Waals surface area contributed by atoms with Crippen LogP contribution in [0.3, 0.4) is 0 Å². The predicted octanol–water partition coefficient (Wildman–Crippen LogP) is 4.83. The zero-order valence-corrected chi connectivity index (χ0v) is 14.4. The van der Waals surface area contributed by atoms with Crippen LogP contribution < -0.4 is 0 Å². The molecule has 2 N–H and O–H groups in total. The maximum Gasteiger partial charge on any atom is 0.0886 e. The molecule has 0 amide bonds.